The number of sulfone groups is 1. The summed E-state index contributed by atoms with van der Waals surface area (Å²) in [5.41, 5.74) is -1.23. The lowest BCUT2D eigenvalue weighted by molar-refractivity contribution is -0.186. The van der Waals surface area contributed by atoms with Crippen molar-refractivity contribution in [3.8, 4) is 22.6 Å². The van der Waals surface area contributed by atoms with E-state index in [9.17, 15) is 33.0 Å². The summed E-state index contributed by atoms with van der Waals surface area (Å²) in [7, 11) is -3.50. The molecule has 3 aromatic rings. The first-order valence-corrected chi connectivity index (χ1v) is 16.5. The average molecular weight is 681 g/mol. The monoisotopic (exact) mass is 680 g/mol. The molecule has 0 aliphatic carbocycles. The van der Waals surface area contributed by atoms with Crippen LogP contribution in [0.4, 0.5) is 0 Å². The Kier molecular flexibility index (Phi) is 12.1. The van der Waals surface area contributed by atoms with Gasteiger partial charge in [0.2, 0.25) is 6.29 Å². The molecule has 0 aliphatic rings. The van der Waals surface area contributed by atoms with Crippen LogP contribution in [0.1, 0.15) is 40.5 Å². The van der Waals surface area contributed by atoms with Crippen molar-refractivity contribution in [1.29, 1.82) is 0 Å². The third kappa shape index (κ3) is 9.84. The van der Waals surface area contributed by atoms with Gasteiger partial charge in [-0.2, -0.15) is 9.78 Å². The van der Waals surface area contributed by atoms with Gasteiger partial charge in [-0.05, 0) is 62.1 Å². The SMILES string of the molecule is CC(C)CCOC(CC(C)(C)OC(=O)[C@H](O)[C@@H](O)C(=O)O)Oc1c(-c2ccc(S(C)(=O)=O)cc2)cnn(-c2cccc(Cl)c2)c1=O. The summed E-state index contributed by atoms with van der Waals surface area (Å²) in [5, 5.41) is 33.1. The van der Waals surface area contributed by atoms with Gasteiger partial charge in [0.15, 0.2) is 27.8 Å². The molecule has 1 unspecified atom stereocenters. The fourth-order valence-corrected chi connectivity index (χ4v) is 4.99. The van der Waals surface area contributed by atoms with Crippen LogP contribution >= 0.6 is 11.6 Å². The molecule has 0 spiro atoms. The summed E-state index contributed by atoms with van der Waals surface area (Å²) < 4.78 is 42.7. The lowest BCUT2D eigenvalue weighted by Crippen LogP contribution is -2.45. The number of esters is 1. The van der Waals surface area contributed by atoms with Crippen LogP contribution in [0.2, 0.25) is 5.02 Å². The molecule has 0 bridgehead atoms. The first-order valence-electron chi connectivity index (χ1n) is 14.2. The Hall–Kier alpha value is -3.82. The van der Waals surface area contributed by atoms with Crippen LogP contribution in [0, 0.1) is 5.92 Å². The molecule has 0 radical (unpaired) electrons. The van der Waals surface area contributed by atoms with Gasteiger partial charge in [-0.1, -0.05) is 43.6 Å². The zero-order chi connectivity index (χ0) is 34.4. The van der Waals surface area contributed by atoms with E-state index in [1.807, 2.05) is 13.8 Å². The first-order chi connectivity index (χ1) is 21.4. The minimum Gasteiger partial charge on any atom is -0.479 e. The molecule has 0 amide bonds. The number of carbonyl (C=O) groups is 2. The standard InChI is InChI=1S/C31H37ClN2O11S/c1-18(2)13-14-43-24(16-31(3,4)45-30(40)26(36)25(35)29(38)39)44-27-23(19-9-11-22(12-10-19)46(5,41)42)17-33-34(28(27)37)21-8-6-7-20(32)15-21/h6-12,15,17-18,24-26,35-36H,13-14,16H2,1-5H3,(H,38,39)/t24?,25-,26-/m1/s1. The van der Waals surface area contributed by atoms with Gasteiger partial charge in [0.25, 0.3) is 0 Å². The molecule has 3 N–H and O–H groups in total. The highest BCUT2D eigenvalue weighted by Crippen LogP contribution is 2.31. The number of carboxylic acid groups (broad SMARTS) is 1. The number of hydrogen-bond donors (Lipinski definition) is 3. The second-order valence-corrected chi connectivity index (χ2v) is 14.0. The second-order valence-electron chi connectivity index (χ2n) is 11.6. The number of carboxylic acids is 1. The highest BCUT2D eigenvalue weighted by molar-refractivity contribution is 7.90. The number of carbonyl (C=O) groups excluding carboxylic acids is 1. The molecule has 13 nitrogen and oxygen atoms in total. The van der Waals surface area contributed by atoms with Crippen LogP contribution in [-0.2, 0) is 28.9 Å². The van der Waals surface area contributed by atoms with Crippen molar-refractivity contribution in [3.63, 3.8) is 0 Å². The average Bonchev–Trinajstić information content (AvgIpc) is 2.96. The van der Waals surface area contributed by atoms with Crippen LogP contribution in [-0.4, -0.2) is 82.4 Å². The Morgan fingerprint density at radius 2 is 1.72 bits per heavy atom. The van der Waals surface area contributed by atoms with Gasteiger partial charge in [-0.25, -0.2) is 18.0 Å². The maximum Gasteiger partial charge on any atom is 0.338 e. The van der Waals surface area contributed by atoms with Gasteiger partial charge < -0.3 is 29.5 Å². The van der Waals surface area contributed by atoms with E-state index < -0.39 is 51.4 Å². The van der Waals surface area contributed by atoms with Crippen molar-refractivity contribution < 1.29 is 47.5 Å². The zero-order valence-corrected chi connectivity index (χ0v) is 27.5. The molecule has 2 aromatic carbocycles. The Morgan fingerprint density at radius 3 is 2.28 bits per heavy atom. The normalized spacial score (nSPS) is 14.0. The molecule has 1 heterocycles. The van der Waals surface area contributed by atoms with Gasteiger partial charge in [0.05, 0.1) is 23.4 Å². The largest absolute Gasteiger partial charge is 0.479 e. The van der Waals surface area contributed by atoms with E-state index in [-0.39, 0.29) is 35.2 Å². The number of hydrogen-bond acceptors (Lipinski definition) is 11. The molecule has 0 saturated heterocycles. The number of aliphatic hydroxyl groups excluding tert-OH is 2. The van der Waals surface area contributed by atoms with E-state index in [0.717, 1.165) is 10.9 Å². The van der Waals surface area contributed by atoms with E-state index in [4.69, 9.17) is 30.9 Å². The molecule has 0 saturated carbocycles. The summed E-state index contributed by atoms with van der Waals surface area (Å²) in [6.07, 6.45) is -3.17. The van der Waals surface area contributed by atoms with Gasteiger partial charge in [0, 0.05) is 23.3 Å². The highest BCUT2D eigenvalue weighted by Gasteiger charge is 2.37. The first kappa shape index (κ1) is 36.6. The summed E-state index contributed by atoms with van der Waals surface area (Å²) >= 11 is 6.15. The van der Waals surface area contributed by atoms with E-state index >= 15 is 0 Å². The topological polar surface area (TPSA) is 192 Å². The number of benzene rings is 2. The number of halogens is 1. The zero-order valence-electron chi connectivity index (χ0n) is 25.9. The molecule has 46 heavy (non-hydrogen) atoms. The van der Waals surface area contributed by atoms with Crippen LogP contribution in [0.15, 0.2) is 64.4 Å². The summed E-state index contributed by atoms with van der Waals surface area (Å²) in [4.78, 5) is 37.5. The van der Waals surface area contributed by atoms with Crippen molar-refractivity contribution in [2.75, 3.05) is 12.9 Å². The van der Waals surface area contributed by atoms with Crippen molar-refractivity contribution in [3.05, 3.63) is 70.1 Å². The molecule has 15 heteroatoms. The van der Waals surface area contributed by atoms with Gasteiger partial charge in [0.1, 0.15) is 5.60 Å². The minimum atomic E-state index is -3.50. The third-order valence-corrected chi connectivity index (χ3v) is 8.02. The molecule has 3 rings (SSSR count). The Balaban J connectivity index is 2.08. The number of rotatable bonds is 15. The number of nitrogens with zero attached hydrogens (tertiary/aromatic N) is 2. The Morgan fingerprint density at radius 1 is 1.07 bits per heavy atom. The third-order valence-electron chi connectivity index (χ3n) is 6.66. The van der Waals surface area contributed by atoms with E-state index in [1.165, 1.54) is 50.4 Å². The molecule has 0 aliphatic heterocycles. The molecule has 250 valence electrons. The van der Waals surface area contributed by atoms with Crippen LogP contribution in [0.5, 0.6) is 5.75 Å². The van der Waals surface area contributed by atoms with Gasteiger partial charge in [-0.15, -0.1) is 0 Å². The summed E-state index contributed by atoms with van der Waals surface area (Å²) in [5.74, 6) is -3.19. The van der Waals surface area contributed by atoms with Crippen molar-refractivity contribution in [2.45, 2.75) is 69.5 Å². The van der Waals surface area contributed by atoms with Crippen molar-refractivity contribution in [1.82, 2.24) is 9.78 Å². The number of aliphatic carboxylic acids is 1. The van der Waals surface area contributed by atoms with E-state index in [2.05, 4.69) is 5.10 Å². The number of aliphatic hydroxyl groups is 2. The number of aromatic nitrogens is 2. The smallest absolute Gasteiger partial charge is 0.338 e. The molecule has 1 aromatic heterocycles. The maximum absolute atomic E-state index is 14.0. The van der Waals surface area contributed by atoms with Gasteiger partial charge >= 0.3 is 17.5 Å². The Labute approximate surface area is 271 Å². The van der Waals surface area contributed by atoms with Crippen molar-refractivity contribution >= 4 is 33.4 Å². The maximum atomic E-state index is 14.0. The van der Waals surface area contributed by atoms with E-state index in [1.54, 1.807) is 18.2 Å². The van der Waals surface area contributed by atoms with Crippen LogP contribution in [0.25, 0.3) is 16.8 Å². The predicted molar refractivity (Wildman–Crippen MR) is 168 cm³/mol. The number of ether oxygens (including phenoxy) is 3. The predicted octanol–water partition coefficient (Wildman–Crippen LogP) is 3.24. The molecule has 3 atom stereocenters. The lowest BCUT2D eigenvalue weighted by Gasteiger charge is -2.31. The fraction of sp³-hybridized carbons (Fsp3) is 0.419. The lowest BCUT2D eigenvalue weighted by atomic mass is 10.0. The van der Waals surface area contributed by atoms with Crippen LogP contribution in [0.3, 0.4) is 0 Å². The van der Waals surface area contributed by atoms with Crippen molar-refractivity contribution in [2.24, 2.45) is 5.92 Å². The second kappa shape index (κ2) is 15.2. The Bertz CT molecular complexity index is 1710. The van der Waals surface area contributed by atoms with Crippen LogP contribution < -0.4 is 10.3 Å². The van der Waals surface area contributed by atoms with Gasteiger partial charge in [-0.3, -0.25) is 4.79 Å². The highest BCUT2D eigenvalue weighted by atomic mass is 35.5. The minimum absolute atomic E-state index is 0.0626. The summed E-state index contributed by atoms with van der Waals surface area (Å²) in [6, 6.07) is 12.2. The molecule has 0 fully saturated rings. The molecular formula is C31H37ClN2O11S. The quantitative estimate of drug-likeness (QED) is 0.157. The fourth-order valence-electron chi connectivity index (χ4n) is 4.17. The van der Waals surface area contributed by atoms with E-state index in [0.29, 0.717) is 22.7 Å². The molecular weight excluding hydrogens is 644 g/mol. The summed E-state index contributed by atoms with van der Waals surface area (Å²) in [6.45, 7) is 7.04.